The quantitative estimate of drug-likeness (QED) is 0.145. The molecule has 14 heteroatoms. The molecule has 2 saturated heterocycles. The van der Waals surface area contributed by atoms with Gasteiger partial charge in [-0.1, -0.05) is 54.1 Å². The van der Waals surface area contributed by atoms with E-state index in [0.717, 1.165) is 48.2 Å². The van der Waals surface area contributed by atoms with Gasteiger partial charge in [0.1, 0.15) is 17.2 Å². The molecule has 56 heavy (non-hydrogen) atoms. The number of nitrogens with two attached hydrogens (primary N) is 1. The van der Waals surface area contributed by atoms with Gasteiger partial charge >= 0.3 is 0 Å². The topological polar surface area (TPSA) is 166 Å². The van der Waals surface area contributed by atoms with E-state index in [2.05, 4.69) is 15.2 Å². The van der Waals surface area contributed by atoms with Gasteiger partial charge in [0, 0.05) is 85.9 Å². The Kier molecular flexibility index (Phi) is 13.1. The molecule has 2 aliphatic heterocycles. The Morgan fingerprint density at radius 3 is 2.16 bits per heavy atom. The maximum atomic E-state index is 15.2. The number of aromatic nitrogens is 2. The van der Waals surface area contributed by atoms with Gasteiger partial charge in [-0.15, -0.1) is 0 Å². The fraction of sp³-hybridized carbons (Fsp3) is 0.310. The van der Waals surface area contributed by atoms with Crippen molar-refractivity contribution in [2.24, 2.45) is 5.92 Å². The van der Waals surface area contributed by atoms with Crippen LogP contribution in [0.25, 0.3) is 33.4 Å². The summed E-state index contributed by atoms with van der Waals surface area (Å²) in [6.45, 7) is 7.54. The average Bonchev–Trinajstić information content (AvgIpc) is 3.17. The maximum Gasteiger partial charge on any atom is 0.261 e. The third-order valence-electron chi connectivity index (χ3n) is 9.75. The van der Waals surface area contributed by atoms with E-state index in [0.29, 0.717) is 85.4 Å². The molecule has 2 fully saturated rings. The van der Waals surface area contributed by atoms with Crippen LogP contribution < -0.4 is 16.5 Å². The smallest absolute Gasteiger partial charge is 0.261 e. The van der Waals surface area contributed by atoms with Crippen LogP contribution in [0.1, 0.15) is 34.3 Å². The lowest BCUT2D eigenvalue weighted by Crippen LogP contribution is -2.35. The van der Waals surface area contributed by atoms with Crippen molar-refractivity contribution in [1.82, 2.24) is 14.5 Å². The molecule has 0 atom stereocenters. The first-order valence-electron chi connectivity index (χ1n) is 18.4. The molecule has 12 nitrogen and oxygen atoms in total. The number of carbonyl (C=O) groups is 1. The summed E-state index contributed by atoms with van der Waals surface area (Å²) in [7, 11) is -3.67. The van der Waals surface area contributed by atoms with E-state index in [1.165, 1.54) is 6.07 Å². The van der Waals surface area contributed by atoms with Crippen molar-refractivity contribution in [2.45, 2.75) is 32.9 Å². The summed E-state index contributed by atoms with van der Waals surface area (Å²) < 4.78 is 54.0. The molecule has 0 unspecified atom stereocenters. The second-order valence-corrected chi connectivity index (χ2v) is 15.6. The molecule has 5 aromatic rings. The molecule has 7 rings (SSSR count). The normalized spacial score (nSPS) is 15.1. The summed E-state index contributed by atoms with van der Waals surface area (Å²) in [4.78, 5) is 34.0. The fourth-order valence-corrected chi connectivity index (χ4v) is 6.72. The predicted octanol–water partition coefficient (Wildman–Crippen LogP) is 6.29. The van der Waals surface area contributed by atoms with Gasteiger partial charge in [0.05, 0.1) is 19.5 Å². The van der Waals surface area contributed by atoms with Crippen LogP contribution >= 0.6 is 0 Å². The maximum absolute atomic E-state index is 15.2. The summed E-state index contributed by atoms with van der Waals surface area (Å²) >= 11 is 0. The largest absolute Gasteiger partial charge is 0.383 e. The number of rotatable bonds is 9. The van der Waals surface area contributed by atoms with Gasteiger partial charge in [-0.05, 0) is 66.6 Å². The van der Waals surface area contributed by atoms with Gasteiger partial charge in [-0.2, -0.15) is 8.42 Å². The average molecular weight is 784 g/mol. The van der Waals surface area contributed by atoms with Gasteiger partial charge in [0.25, 0.3) is 16.0 Å². The molecular weight excluding hydrogens is 738 g/mol. The number of anilines is 2. The van der Waals surface area contributed by atoms with E-state index >= 15 is 4.39 Å². The van der Waals surface area contributed by atoms with Gasteiger partial charge in [-0.3, -0.25) is 19.0 Å². The molecule has 4 N–H and O–H groups in total. The minimum atomic E-state index is -3.67. The Hall–Kier alpha value is -5.25. The van der Waals surface area contributed by atoms with Crippen LogP contribution in [0, 0.1) is 18.7 Å². The van der Waals surface area contributed by atoms with Crippen molar-refractivity contribution in [3.8, 4) is 33.4 Å². The minimum Gasteiger partial charge on any atom is -0.383 e. The summed E-state index contributed by atoms with van der Waals surface area (Å²) in [5, 5.41) is 2.92. The van der Waals surface area contributed by atoms with Crippen LogP contribution in [0.15, 0.2) is 96.2 Å². The van der Waals surface area contributed by atoms with E-state index in [4.69, 9.17) is 19.8 Å². The Morgan fingerprint density at radius 2 is 1.50 bits per heavy atom. The van der Waals surface area contributed by atoms with Crippen molar-refractivity contribution >= 4 is 27.5 Å². The number of pyridine rings is 2. The zero-order chi connectivity index (χ0) is 39.8. The molecule has 0 aliphatic carbocycles. The monoisotopic (exact) mass is 783 g/mol. The predicted molar refractivity (Wildman–Crippen MR) is 215 cm³/mol. The number of hydrogen-bond donors (Lipinski definition) is 3. The Bertz CT molecular complexity index is 2310. The number of nitrogens with zero attached hydrogens (tertiary/aromatic N) is 3. The molecule has 3 aromatic carbocycles. The summed E-state index contributed by atoms with van der Waals surface area (Å²) in [5.74, 6) is -0.0189. The molecule has 1 amide bonds. The molecule has 2 aliphatic rings. The van der Waals surface area contributed by atoms with Crippen LogP contribution in [-0.2, 0) is 32.7 Å². The SMILES string of the molecule is CS(=O)(=O)O.Cc1ccc(-c2cn(CC3CCOCC3)cc(C(=O)Nc3ccc(-c4cc(-c5ccc(CN6CCOCC6)c(F)c5)cnc4N)cc3)c2=O)cc1. The molecule has 0 saturated carbocycles. The van der Waals surface area contributed by atoms with Crippen LogP contribution in [0.4, 0.5) is 15.9 Å². The lowest BCUT2D eigenvalue weighted by molar-refractivity contribution is 0.0337. The minimum absolute atomic E-state index is 0.0774. The first kappa shape index (κ1) is 40.4. The number of aryl methyl sites for hydroxylation is 1. The summed E-state index contributed by atoms with van der Waals surface area (Å²) in [5.41, 5.74) is 12.5. The highest BCUT2D eigenvalue weighted by atomic mass is 32.2. The molecular formula is C42H46FN5O7S. The second-order valence-electron chi connectivity index (χ2n) is 14.1. The first-order valence-corrected chi connectivity index (χ1v) is 20.2. The number of halogens is 1. The van der Waals surface area contributed by atoms with E-state index < -0.39 is 16.0 Å². The second kappa shape index (κ2) is 18.1. The molecule has 4 heterocycles. The Labute approximate surface area is 325 Å². The van der Waals surface area contributed by atoms with E-state index in [9.17, 15) is 18.0 Å². The third-order valence-corrected chi connectivity index (χ3v) is 9.75. The van der Waals surface area contributed by atoms with Crippen molar-refractivity contribution in [1.29, 1.82) is 0 Å². The van der Waals surface area contributed by atoms with Crippen LogP contribution in [-0.4, -0.2) is 79.1 Å². The van der Waals surface area contributed by atoms with Crippen molar-refractivity contribution in [3.63, 3.8) is 0 Å². The number of hydrogen-bond acceptors (Lipinski definition) is 9. The van der Waals surface area contributed by atoms with Gasteiger partial charge < -0.3 is 25.1 Å². The zero-order valence-electron chi connectivity index (χ0n) is 31.4. The summed E-state index contributed by atoms with van der Waals surface area (Å²) in [6, 6.07) is 22.1. The standard InChI is InChI=1S/C41H42FN5O4.CH4O3S/c1-27-2-4-30(5-3-27)36-25-47(23-28-12-16-50-17-13-28)26-37(39(36)48)41(49)45-34-10-8-29(9-11-34)35-20-33(22-44-40(35)43)31-6-7-32(38(42)21-31)24-46-14-18-51-19-15-46;1-5(2,3)4/h2-11,20-22,25-26,28H,12-19,23-24H2,1H3,(H2,43,44)(H,45,49);1H3,(H,2,3,4). The number of morpholine rings is 1. The molecule has 0 spiro atoms. The van der Waals surface area contributed by atoms with Crippen molar-refractivity contribution in [2.75, 3.05) is 56.8 Å². The Balaban J connectivity index is 0.00000100. The van der Waals surface area contributed by atoms with Gasteiger partial charge in [0.2, 0.25) is 5.43 Å². The number of amides is 1. The Morgan fingerprint density at radius 1 is 0.893 bits per heavy atom. The molecule has 2 aromatic heterocycles. The van der Waals surface area contributed by atoms with Gasteiger partial charge in [-0.25, -0.2) is 9.37 Å². The van der Waals surface area contributed by atoms with Crippen LogP contribution in [0.3, 0.4) is 0 Å². The molecule has 0 bridgehead atoms. The number of nitrogens with one attached hydrogen (secondary N) is 1. The number of benzene rings is 3. The lowest BCUT2D eigenvalue weighted by atomic mass is 9.99. The zero-order valence-corrected chi connectivity index (χ0v) is 32.2. The lowest BCUT2D eigenvalue weighted by Gasteiger charge is -2.26. The van der Waals surface area contributed by atoms with E-state index in [1.807, 2.05) is 72.3 Å². The van der Waals surface area contributed by atoms with Crippen LogP contribution in [0.5, 0.6) is 0 Å². The highest BCUT2D eigenvalue weighted by Crippen LogP contribution is 2.31. The first-order chi connectivity index (χ1) is 26.8. The third kappa shape index (κ3) is 11.0. The molecule has 294 valence electrons. The summed E-state index contributed by atoms with van der Waals surface area (Å²) in [6.07, 6.45) is 7.74. The number of nitrogen functional groups attached to an aromatic ring is 1. The molecule has 0 radical (unpaired) electrons. The number of carbonyl (C=O) groups excluding carboxylic acids is 1. The number of ether oxygens (including phenoxy) is 2. The van der Waals surface area contributed by atoms with Crippen LogP contribution in [0.2, 0.25) is 0 Å². The van der Waals surface area contributed by atoms with Gasteiger partial charge in [0.15, 0.2) is 0 Å². The highest BCUT2D eigenvalue weighted by Gasteiger charge is 2.20. The van der Waals surface area contributed by atoms with Crippen molar-refractivity contribution in [3.05, 3.63) is 124 Å². The van der Waals surface area contributed by atoms with E-state index in [1.54, 1.807) is 24.5 Å². The van der Waals surface area contributed by atoms with E-state index in [-0.39, 0.29) is 16.8 Å². The fourth-order valence-electron chi connectivity index (χ4n) is 6.72. The van der Waals surface area contributed by atoms with Crippen molar-refractivity contribution < 1.29 is 31.6 Å². The highest BCUT2D eigenvalue weighted by molar-refractivity contribution is 7.85.